The first kappa shape index (κ1) is 14.0. The van der Waals surface area contributed by atoms with Crippen LogP contribution in [0.25, 0.3) is 0 Å². The molecule has 0 radical (unpaired) electrons. The molecule has 1 N–H and O–H groups in total. The molecule has 0 aromatic heterocycles. The van der Waals surface area contributed by atoms with Crippen molar-refractivity contribution >= 4 is 0 Å². The molecule has 2 heteroatoms. The Morgan fingerprint density at radius 3 is 2.25 bits per heavy atom. The molecule has 2 nitrogen and oxygen atoms in total. The minimum Gasteiger partial charge on any atom is -0.391 e. The first-order chi connectivity index (χ1) is 7.25. The summed E-state index contributed by atoms with van der Waals surface area (Å²) < 4.78 is 0. The van der Waals surface area contributed by atoms with Crippen molar-refractivity contribution in [3.8, 4) is 0 Å². The monoisotopic (exact) mass is 227 g/mol. The summed E-state index contributed by atoms with van der Waals surface area (Å²) in [5, 5.41) is 10.3. The molecule has 1 aliphatic rings. The zero-order valence-corrected chi connectivity index (χ0v) is 11.8. The highest BCUT2D eigenvalue weighted by atomic mass is 16.3. The number of aliphatic hydroxyl groups excluding tert-OH is 1. The van der Waals surface area contributed by atoms with Gasteiger partial charge in [0.15, 0.2) is 0 Å². The molecule has 0 aromatic carbocycles. The third-order valence-electron chi connectivity index (χ3n) is 4.28. The maximum Gasteiger partial charge on any atom is 0.0746 e. The molecule has 0 amide bonds. The second-order valence-electron chi connectivity index (χ2n) is 6.68. The highest BCUT2D eigenvalue weighted by molar-refractivity contribution is 4.96. The van der Waals surface area contributed by atoms with E-state index in [4.69, 9.17) is 0 Å². The maximum absolute atomic E-state index is 10.3. The van der Waals surface area contributed by atoms with Gasteiger partial charge in [-0.25, -0.2) is 0 Å². The minimum atomic E-state index is -0.174. The number of hydrogen-bond acceptors (Lipinski definition) is 2. The lowest BCUT2D eigenvalue weighted by molar-refractivity contribution is 0.00913. The van der Waals surface area contributed by atoms with Crippen LogP contribution in [0.2, 0.25) is 0 Å². The number of rotatable bonds is 4. The molecule has 3 unspecified atom stereocenters. The fraction of sp³-hybridized carbons (Fsp3) is 1.00. The number of likely N-dealkylation sites (N-methyl/N-ethyl adjacent to an activating group) is 1. The fourth-order valence-corrected chi connectivity index (χ4v) is 2.95. The topological polar surface area (TPSA) is 23.5 Å². The van der Waals surface area contributed by atoms with Gasteiger partial charge in [-0.2, -0.15) is 0 Å². The Bertz CT molecular complexity index is 225. The van der Waals surface area contributed by atoms with Gasteiger partial charge in [0.25, 0.3) is 0 Å². The van der Waals surface area contributed by atoms with Gasteiger partial charge in [-0.3, -0.25) is 4.90 Å². The van der Waals surface area contributed by atoms with Crippen LogP contribution in [0.15, 0.2) is 0 Å². The van der Waals surface area contributed by atoms with Gasteiger partial charge in [-0.1, -0.05) is 27.7 Å². The molecule has 1 rings (SSSR count). The van der Waals surface area contributed by atoms with E-state index in [-0.39, 0.29) is 11.5 Å². The molecular weight excluding hydrogens is 198 g/mol. The summed E-state index contributed by atoms with van der Waals surface area (Å²) in [7, 11) is 2.17. The van der Waals surface area contributed by atoms with Crippen molar-refractivity contribution in [2.75, 3.05) is 7.05 Å². The summed E-state index contributed by atoms with van der Waals surface area (Å²) in [6.07, 6.45) is 3.30. The van der Waals surface area contributed by atoms with Crippen LogP contribution < -0.4 is 0 Å². The first-order valence-electron chi connectivity index (χ1n) is 6.65. The highest BCUT2D eigenvalue weighted by Gasteiger charge is 2.43. The Labute approximate surface area is 101 Å². The van der Waals surface area contributed by atoms with Crippen molar-refractivity contribution in [2.45, 2.75) is 72.1 Å². The van der Waals surface area contributed by atoms with E-state index in [1.54, 1.807) is 0 Å². The summed E-state index contributed by atoms with van der Waals surface area (Å²) in [5.41, 5.74) is 0.0937. The number of hydrogen-bond donors (Lipinski definition) is 1. The van der Waals surface area contributed by atoms with Gasteiger partial charge < -0.3 is 5.11 Å². The summed E-state index contributed by atoms with van der Waals surface area (Å²) in [6.45, 7) is 11.2. The molecule has 1 aliphatic carbocycles. The van der Waals surface area contributed by atoms with Gasteiger partial charge in [-0.15, -0.1) is 0 Å². The van der Waals surface area contributed by atoms with Crippen LogP contribution in [0.1, 0.15) is 53.9 Å². The van der Waals surface area contributed by atoms with Crippen molar-refractivity contribution in [1.82, 2.24) is 4.90 Å². The van der Waals surface area contributed by atoms with E-state index in [0.29, 0.717) is 12.1 Å². The second-order valence-corrected chi connectivity index (χ2v) is 6.68. The Hall–Kier alpha value is -0.0800. The van der Waals surface area contributed by atoms with Gasteiger partial charge in [-0.05, 0) is 44.6 Å². The first-order valence-corrected chi connectivity index (χ1v) is 6.65. The van der Waals surface area contributed by atoms with Crippen LogP contribution in [0, 0.1) is 11.3 Å². The predicted octanol–water partition coefficient (Wildman–Crippen LogP) is 2.90. The summed E-state index contributed by atoms with van der Waals surface area (Å²) in [4.78, 5) is 2.39. The van der Waals surface area contributed by atoms with Crippen molar-refractivity contribution in [2.24, 2.45) is 11.3 Å². The molecule has 1 saturated carbocycles. The van der Waals surface area contributed by atoms with Crippen LogP contribution in [0.5, 0.6) is 0 Å². The zero-order chi connectivity index (χ0) is 12.5. The largest absolute Gasteiger partial charge is 0.391 e. The number of aliphatic hydroxyl groups is 1. The van der Waals surface area contributed by atoms with Gasteiger partial charge in [0.1, 0.15) is 0 Å². The van der Waals surface area contributed by atoms with Crippen molar-refractivity contribution in [1.29, 1.82) is 0 Å². The zero-order valence-electron chi connectivity index (χ0n) is 11.8. The molecule has 0 aliphatic heterocycles. The molecule has 3 atom stereocenters. The van der Waals surface area contributed by atoms with Gasteiger partial charge in [0.05, 0.1) is 6.10 Å². The SMILES string of the molecule is CC(C)CC(C)N(C)C1CCC(C)(C)C1O. The third kappa shape index (κ3) is 2.98. The second kappa shape index (κ2) is 5.05. The van der Waals surface area contributed by atoms with E-state index in [9.17, 15) is 5.11 Å². The summed E-state index contributed by atoms with van der Waals surface area (Å²) in [5.74, 6) is 0.726. The molecule has 0 heterocycles. The Morgan fingerprint density at radius 2 is 1.88 bits per heavy atom. The lowest BCUT2D eigenvalue weighted by Crippen LogP contribution is -2.46. The standard InChI is InChI=1S/C14H29NO/c1-10(2)9-11(3)15(6)12-7-8-14(4,5)13(12)16/h10-13,16H,7-9H2,1-6H3. The van der Waals surface area contributed by atoms with E-state index in [1.165, 1.54) is 6.42 Å². The Balaban J connectivity index is 2.58. The fourth-order valence-electron chi connectivity index (χ4n) is 2.95. The van der Waals surface area contributed by atoms with Crippen molar-refractivity contribution < 1.29 is 5.11 Å². The predicted molar refractivity (Wildman–Crippen MR) is 69.5 cm³/mol. The lowest BCUT2D eigenvalue weighted by atomic mass is 9.88. The van der Waals surface area contributed by atoms with Crippen LogP contribution in [0.3, 0.4) is 0 Å². The van der Waals surface area contributed by atoms with Crippen LogP contribution in [0.4, 0.5) is 0 Å². The maximum atomic E-state index is 10.3. The highest BCUT2D eigenvalue weighted by Crippen LogP contribution is 2.40. The molecule has 0 spiro atoms. The molecule has 96 valence electrons. The summed E-state index contributed by atoms with van der Waals surface area (Å²) >= 11 is 0. The van der Waals surface area contributed by atoms with Gasteiger partial charge in [0, 0.05) is 12.1 Å². The van der Waals surface area contributed by atoms with Crippen molar-refractivity contribution in [3.63, 3.8) is 0 Å². The minimum absolute atomic E-state index is 0.0937. The van der Waals surface area contributed by atoms with Gasteiger partial charge in [0.2, 0.25) is 0 Å². The van der Waals surface area contributed by atoms with E-state index < -0.39 is 0 Å². The normalized spacial score (nSPS) is 31.3. The Kier molecular flexibility index (Phi) is 4.42. The molecule has 16 heavy (non-hydrogen) atoms. The lowest BCUT2D eigenvalue weighted by Gasteiger charge is -2.36. The van der Waals surface area contributed by atoms with Crippen LogP contribution in [-0.4, -0.2) is 35.2 Å². The van der Waals surface area contributed by atoms with E-state index in [1.807, 2.05) is 0 Å². The van der Waals surface area contributed by atoms with Crippen LogP contribution >= 0.6 is 0 Å². The smallest absolute Gasteiger partial charge is 0.0746 e. The van der Waals surface area contributed by atoms with Crippen LogP contribution in [-0.2, 0) is 0 Å². The van der Waals surface area contributed by atoms with E-state index in [0.717, 1.165) is 18.8 Å². The molecule has 0 saturated heterocycles. The molecular formula is C14H29NO. The summed E-state index contributed by atoms with van der Waals surface area (Å²) in [6, 6.07) is 0.914. The van der Waals surface area contributed by atoms with E-state index >= 15 is 0 Å². The van der Waals surface area contributed by atoms with Crippen molar-refractivity contribution in [3.05, 3.63) is 0 Å². The molecule has 1 fully saturated rings. The quantitative estimate of drug-likeness (QED) is 0.798. The number of nitrogens with zero attached hydrogens (tertiary/aromatic N) is 1. The van der Waals surface area contributed by atoms with Gasteiger partial charge >= 0.3 is 0 Å². The molecule has 0 aromatic rings. The molecule has 0 bridgehead atoms. The Morgan fingerprint density at radius 1 is 1.31 bits per heavy atom. The average Bonchev–Trinajstić information content (AvgIpc) is 2.40. The van der Waals surface area contributed by atoms with E-state index in [2.05, 4.69) is 46.6 Å². The average molecular weight is 227 g/mol. The third-order valence-corrected chi connectivity index (χ3v) is 4.28.